The van der Waals surface area contributed by atoms with Crippen molar-refractivity contribution in [1.82, 2.24) is 4.90 Å². The monoisotopic (exact) mass is 281 g/mol. The zero-order valence-corrected chi connectivity index (χ0v) is 11.8. The second kappa shape index (κ2) is 6.70. The Morgan fingerprint density at radius 2 is 2.10 bits per heavy atom. The van der Waals surface area contributed by atoms with Gasteiger partial charge in [0.2, 0.25) is 5.91 Å². The van der Waals surface area contributed by atoms with Gasteiger partial charge in [0.25, 0.3) is 0 Å². The Hall–Kier alpha value is -1.62. The van der Waals surface area contributed by atoms with Crippen LogP contribution in [0.1, 0.15) is 20.3 Å². The Bertz CT molecular complexity index is 456. The molecule has 1 aromatic rings. The number of ether oxygens (including phenoxy) is 2. The zero-order chi connectivity index (χ0) is 14.5. The first kappa shape index (κ1) is 14.8. The molecule has 0 bridgehead atoms. The van der Waals surface area contributed by atoms with Gasteiger partial charge in [-0.3, -0.25) is 4.79 Å². The highest BCUT2D eigenvalue weighted by atomic mass is 19.1. The molecule has 1 saturated heterocycles. The molecule has 2 unspecified atom stereocenters. The fourth-order valence-corrected chi connectivity index (χ4v) is 2.35. The summed E-state index contributed by atoms with van der Waals surface area (Å²) >= 11 is 0. The Kier molecular flexibility index (Phi) is 4.95. The van der Waals surface area contributed by atoms with E-state index in [2.05, 4.69) is 0 Å². The van der Waals surface area contributed by atoms with Crippen molar-refractivity contribution in [2.75, 3.05) is 19.7 Å². The first-order valence-corrected chi connectivity index (χ1v) is 6.86. The number of carbonyl (C=O) groups is 1. The molecule has 110 valence electrons. The lowest BCUT2D eigenvalue weighted by Crippen LogP contribution is -2.48. The minimum atomic E-state index is -0.343. The van der Waals surface area contributed by atoms with Crippen LogP contribution in [0.4, 0.5) is 4.39 Å². The van der Waals surface area contributed by atoms with Gasteiger partial charge >= 0.3 is 0 Å². The van der Waals surface area contributed by atoms with E-state index in [1.54, 1.807) is 17.0 Å². The minimum Gasteiger partial charge on any atom is -0.493 e. The van der Waals surface area contributed by atoms with Gasteiger partial charge < -0.3 is 14.4 Å². The Labute approximate surface area is 118 Å². The first-order valence-electron chi connectivity index (χ1n) is 6.86. The molecule has 1 aliphatic rings. The molecular formula is C15H20FNO3. The molecule has 1 aliphatic heterocycles. The van der Waals surface area contributed by atoms with E-state index in [-0.39, 0.29) is 37.0 Å². The average Bonchev–Trinajstić information content (AvgIpc) is 2.37. The van der Waals surface area contributed by atoms with E-state index in [1.165, 1.54) is 12.1 Å². The van der Waals surface area contributed by atoms with E-state index in [9.17, 15) is 9.18 Å². The van der Waals surface area contributed by atoms with Gasteiger partial charge in [-0.2, -0.15) is 0 Å². The number of rotatable bonds is 4. The van der Waals surface area contributed by atoms with Crippen molar-refractivity contribution in [1.29, 1.82) is 0 Å². The van der Waals surface area contributed by atoms with Crippen LogP contribution >= 0.6 is 0 Å². The van der Waals surface area contributed by atoms with Crippen molar-refractivity contribution >= 4 is 5.91 Å². The summed E-state index contributed by atoms with van der Waals surface area (Å²) in [5, 5.41) is 0. The smallest absolute Gasteiger partial charge is 0.226 e. The SMILES string of the molecule is CC1CN(C(=O)CCOc2cccc(F)c2)CC(C)O1. The summed E-state index contributed by atoms with van der Waals surface area (Å²) in [6, 6.07) is 5.92. The highest BCUT2D eigenvalue weighted by Gasteiger charge is 2.25. The predicted molar refractivity (Wildman–Crippen MR) is 73.1 cm³/mol. The molecular weight excluding hydrogens is 261 g/mol. The van der Waals surface area contributed by atoms with E-state index in [4.69, 9.17) is 9.47 Å². The maximum Gasteiger partial charge on any atom is 0.226 e. The van der Waals surface area contributed by atoms with Crippen molar-refractivity contribution in [2.45, 2.75) is 32.5 Å². The molecule has 5 heteroatoms. The van der Waals surface area contributed by atoms with Crippen LogP contribution in [0.3, 0.4) is 0 Å². The molecule has 0 spiro atoms. The average molecular weight is 281 g/mol. The maximum absolute atomic E-state index is 13.0. The highest BCUT2D eigenvalue weighted by Crippen LogP contribution is 2.14. The largest absolute Gasteiger partial charge is 0.493 e. The lowest BCUT2D eigenvalue weighted by molar-refractivity contribution is -0.143. The molecule has 0 aliphatic carbocycles. The van der Waals surface area contributed by atoms with Crippen molar-refractivity contribution in [3.05, 3.63) is 30.1 Å². The van der Waals surface area contributed by atoms with E-state index in [0.717, 1.165) is 0 Å². The summed E-state index contributed by atoms with van der Waals surface area (Å²) in [6.45, 7) is 5.40. The zero-order valence-electron chi connectivity index (χ0n) is 11.8. The van der Waals surface area contributed by atoms with Crippen LogP contribution < -0.4 is 4.74 Å². The summed E-state index contributed by atoms with van der Waals surface area (Å²) in [5.41, 5.74) is 0. The number of hydrogen-bond donors (Lipinski definition) is 0. The van der Waals surface area contributed by atoms with E-state index in [0.29, 0.717) is 18.8 Å². The third-order valence-electron chi connectivity index (χ3n) is 3.15. The van der Waals surface area contributed by atoms with Crippen LogP contribution in [0.5, 0.6) is 5.75 Å². The maximum atomic E-state index is 13.0. The van der Waals surface area contributed by atoms with Crippen LogP contribution in [0, 0.1) is 5.82 Å². The number of carbonyl (C=O) groups excluding carboxylic acids is 1. The molecule has 0 saturated carbocycles. The molecule has 0 N–H and O–H groups in total. The molecule has 4 nitrogen and oxygen atoms in total. The third kappa shape index (κ3) is 4.20. The van der Waals surface area contributed by atoms with E-state index >= 15 is 0 Å². The molecule has 2 rings (SSSR count). The van der Waals surface area contributed by atoms with Crippen LogP contribution in [-0.2, 0) is 9.53 Å². The number of amides is 1. The van der Waals surface area contributed by atoms with Crippen molar-refractivity contribution < 1.29 is 18.7 Å². The van der Waals surface area contributed by atoms with Gasteiger partial charge in [-0.1, -0.05) is 6.07 Å². The summed E-state index contributed by atoms with van der Waals surface area (Å²) in [7, 11) is 0. The van der Waals surface area contributed by atoms with Crippen molar-refractivity contribution in [3.63, 3.8) is 0 Å². The second-order valence-electron chi connectivity index (χ2n) is 5.11. The third-order valence-corrected chi connectivity index (χ3v) is 3.15. The van der Waals surface area contributed by atoms with Gasteiger partial charge in [-0.05, 0) is 26.0 Å². The number of benzene rings is 1. The van der Waals surface area contributed by atoms with Gasteiger partial charge in [0.15, 0.2) is 0 Å². The quantitative estimate of drug-likeness (QED) is 0.849. The lowest BCUT2D eigenvalue weighted by Gasteiger charge is -2.35. The Morgan fingerprint density at radius 3 is 2.75 bits per heavy atom. The van der Waals surface area contributed by atoms with E-state index in [1.807, 2.05) is 13.8 Å². The summed E-state index contributed by atoms with van der Waals surface area (Å²) in [6.07, 6.45) is 0.411. The van der Waals surface area contributed by atoms with E-state index < -0.39 is 0 Å². The van der Waals surface area contributed by atoms with Gasteiger partial charge in [-0.25, -0.2) is 4.39 Å². The Morgan fingerprint density at radius 1 is 1.40 bits per heavy atom. The fourth-order valence-electron chi connectivity index (χ4n) is 2.35. The van der Waals surface area contributed by atoms with Gasteiger partial charge in [0, 0.05) is 19.2 Å². The number of hydrogen-bond acceptors (Lipinski definition) is 3. The fraction of sp³-hybridized carbons (Fsp3) is 0.533. The topological polar surface area (TPSA) is 38.8 Å². The normalized spacial score (nSPS) is 22.6. The summed E-state index contributed by atoms with van der Waals surface area (Å²) < 4.78 is 23.9. The Balaban J connectivity index is 1.77. The number of nitrogens with zero attached hydrogens (tertiary/aromatic N) is 1. The molecule has 1 fully saturated rings. The molecule has 1 heterocycles. The molecule has 1 amide bonds. The summed E-state index contributed by atoms with van der Waals surface area (Å²) in [5.74, 6) is 0.148. The second-order valence-corrected chi connectivity index (χ2v) is 5.11. The standard InChI is InChI=1S/C15H20FNO3/c1-11-9-17(10-12(2)20-11)15(18)6-7-19-14-5-3-4-13(16)8-14/h3-5,8,11-12H,6-7,9-10H2,1-2H3. The molecule has 0 radical (unpaired) electrons. The molecule has 1 aromatic carbocycles. The van der Waals surface area contributed by atoms with Crippen LogP contribution in [0.15, 0.2) is 24.3 Å². The molecule has 20 heavy (non-hydrogen) atoms. The predicted octanol–water partition coefficient (Wildman–Crippen LogP) is 2.23. The van der Waals surface area contributed by atoms with Gasteiger partial charge in [0.05, 0.1) is 25.2 Å². The van der Waals surface area contributed by atoms with Crippen molar-refractivity contribution in [3.8, 4) is 5.75 Å². The highest BCUT2D eigenvalue weighted by molar-refractivity contribution is 5.76. The van der Waals surface area contributed by atoms with Crippen LogP contribution in [0.2, 0.25) is 0 Å². The minimum absolute atomic E-state index is 0.0448. The van der Waals surface area contributed by atoms with Gasteiger partial charge in [-0.15, -0.1) is 0 Å². The van der Waals surface area contributed by atoms with Crippen LogP contribution in [0.25, 0.3) is 0 Å². The summed E-state index contributed by atoms with van der Waals surface area (Å²) in [4.78, 5) is 13.9. The number of morpholine rings is 1. The molecule has 0 aromatic heterocycles. The molecule has 2 atom stereocenters. The van der Waals surface area contributed by atoms with Crippen molar-refractivity contribution in [2.24, 2.45) is 0 Å². The number of halogens is 1. The van der Waals surface area contributed by atoms with Gasteiger partial charge in [0.1, 0.15) is 11.6 Å². The first-order chi connectivity index (χ1) is 9.54. The van der Waals surface area contributed by atoms with Crippen LogP contribution in [-0.4, -0.2) is 42.7 Å². The lowest BCUT2D eigenvalue weighted by atomic mass is 10.2.